The number of alkyl halides is 3. The molecule has 0 fully saturated rings. The average molecular weight is 420 g/mol. The summed E-state index contributed by atoms with van der Waals surface area (Å²) in [6, 6.07) is 2.47. The van der Waals surface area contributed by atoms with Gasteiger partial charge in [0.2, 0.25) is 0 Å². The lowest BCUT2D eigenvalue weighted by Crippen LogP contribution is -2.31. The molecular weight excluding hydrogens is 413 g/mol. The zero-order chi connectivity index (χ0) is 15.7. The number of hydrogen-bond donors (Lipinski definition) is 1. The van der Waals surface area contributed by atoms with Gasteiger partial charge >= 0.3 is 18.1 Å². The predicted octanol–water partition coefficient (Wildman–Crippen LogP) is 4.01. The molecule has 110 valence electrons. The van der Waals surface area contributed by atoms with E-state index in [9.17, 15) is 22.8 Å². The molecule has 0 aliphatic carbocycles. The SMILES string of the molecule is CC(C(=O)Oc1c(Br)cc(Br)cc1C(=O)O)C(F)(F)F. The first-order valence-electron chi connectivity index (χ1n) is 5.04. The average Bonchev–Trinajstić information content (AvgIpc) is 2.29. The predicted molar refractivity (Wildman–Crippen MR) is 69.7 cm³/mol. The number of hydrogen-bond acceptors (Lipinski definition) is 3. The molecule has 0 saturated carbocycles. The van der Waals surface area contributed by atoms with E-state index >= 15 is 0 Å². The molecule has 1 atom stereocenters. The summed E-state index contributed by atoms with van der Waals surface area (Å²) in [6.45, 7) is 0.634. The van der Waals surface area contributed by atoms with Gasteiger partial charge in [-0.1, -0.05) is 15.9 Å². The number of carbonyl (C=O) groups is 2. The Hall–Kier alpha value is -1.09. The molecule has 0 heterocycles. The van der Waals surface area contributed by atoms with Crippen molar-refractivity contribution < 1.29 is 32.6 Å². The van der Waals surface area contributed by atoms with E-state index in [1.165, 1.54) is 6.07 Å². The normalized spacial score (nSPS) is 12.9. The summed E-state index contributed by atoms with van der Waals surface area (Å²) in [5.41, 5.74) is -0.436. The number of benzene rings is 1. The van der Waals surface area contributed by atoms with Crippen LogP contribution in [0.2, 0.25) is 0 Å². The molecule has 0 spiro atoms. The summed E-state index contributed by atoms with van der Waals surface area (Å²) in [7, 11) is 0. The maximum atomic E-state index is 12.4. The third-order valence-electron chi connectivity index (χ3n) is 2.29. The minimum absolute atomic E-state index is 0.0481. The van der Waals surface area contributed by atoms with E-state index in [-0.39, 0.29) is 4.47 Å². The largest absolute Gasteiger partial charge is 0.478 e. The highest BCUT2D eigenvalue weighted by Gasteiger charge is 2.43. The number of halogens is 5. The van der Waals surface area contributed by atoms with Crippen LogP contribution in [0.5, 0.6) is 5.75 Å². The minimum atomic E-state index is -4.76. The fourth-order valence-electron chi connectivity index (χ4n) is 1.15. The van der Waals surface area contributed by atoms with Crippen molar-refractivity contribution in [3.8, 4) is 5.75 Å². The molecule has 0 amide bonds. The van der Waals surface area contributed by atoms with Crippen LogP contribution < -0.4 is 4.74 Å². The fraction of sp³-hybridized carbons (Fsp3) is 0.273. The molecule has 0 saturated heterocycles. The van der Waals surface area contributed by atoms with Crippen LogP contribution in [0.1, 0.15) is 17.3 Å². The van der Waals surface area contributed by atoms with Crippen LogP contribution in [-0.2, 0) is 4.79 Å². The topological polar surface area (TPSA) is 63.6 Å². The Kier molecular flexibility index (Phi) is 5.20. The highest BCUT2D eigenvalue weighted by molar-refractivity contribution is 9.11. The first-order chi connectivity index (χ1) is 9.04. The monoisotopic (exact) mass is 418 g/mol. The van der Waals surface area contributed by atoms with Crippen molar-refractivity contribution >= 4 is 43.8 Å². The lowest BCUT2D eigenvalue weighted by Gasteiger charge is -2.16. The van der Waals surface area contributed by atoms with Gasteiger partial charge in [-0.3, -0.25) is 4.79 Å². The number of rotatable bonds is 3. The van der Waals surface area contributed by atoms with Gasteiger partial charge in [-0.2, -0.15) is 13.2 Å². The molecule has 1 aromatic carbocycles. The van der Waals surface area contributed by atoms with Gasteiger partial charge in [0, 0.05) is 4.47 Å². The van der Waals surface area contributed by atoms with Gasteiger partial charge in [-0.15, -0.1) is 0 Å². The zero-order valence-electron chi connectivity index (χ0n) is 9.79. The molecular formula is C11H7Br2F3O4. The van der Waals surface area contributed by atoms with Gasteiger partial charge in [0.25, 0.3) is 0 Å². The van der Waals surface area contributed by atoms with Crippen molar-refractivity contribution in [3.05, 3.63) is 26.6 Å². The Bertz CT molecular complexity index is 557. The maximum Gasteiger partial charge on any atom is 0.401 e. The van der Waals surface area contributed by atoms with Crippen LogP contribution in [0.15, 0.2) is 21.1 Å². The van der Waals surface area contributed by atoms with E-state index in [1.807, 2.05) is 0 Å². The Morgan fingerprint density at radius 2 is 1.85 bits per heavy atom. The molecule has 1 N–H and O–H groups in total. The van der Waals surface area contributed by atoms with Crippen LogP contribution in [0, 0.1) is 5.92 Å². The van der Waals surface area contributed by atoms with E-state index in [0.717, 1.165) is 6.07 Å². The van der Waals surface area contributed by atoms with E-state index < -0.39 is 35.3 Å². The van der Waals surface area contributed by atoms with Gasteiger partial charge in [-0.05, 0) is 35.0 Å². The molecule has 1 unspecified atom stereocenters. The Balaban J connectivity index is 3.16. The standard InChI is InChI=1S/C11H7Br2F3O4/c1-4(11(14,15)16)10(19)20-8-6(9(17)18)2-5(12)3-7(8)13/h2-4H,1H3,(H,17,18). The van der Waals surface area contributed by atoms with Crippen molar-refractivity contribution in [2.75, 3.05) is 0 Å². The molecule has 0 aliphatic heterocycles. The number of carboxylic acid groups (broad SMARTS) is 1. The summed E-state index contributed by atoms with van der Waals surface area (Å²) < 4.78 is 42.2. The van der Waals surface area contributed by atoms with E-state index in [1.54, 1.807) is 0 Å². The van der Waals surface area contributed by atoms with Crippen molar-refractivity contribution in [1.82, 2.24) is 0 Å². The molecule has 0 aliphatic rings. The summed E-state index contributed by atoms with van der Waals surface area (Å²) in [6.07, 6.45) is -4.76. The van der Waals surface area contributed by atoms with Crippen LogP contribution >= 0.6 is 31.9 Å². The smallest absolute Gasteiger partial charge is 0.401 e. The maximum absolute atomic E-state index is 12.4. The van der Waals surface area contributed by atoms with Gasteiger partial charge in [-0.25, -0.2) is 4.79 Å². The number of ether oxygens (including phenoxy) is 1. The van der Waals surface area contributed by atoms with Crippen molar-refractivity contribution in [2.24, 2.45) is 5.92 Å². The highest BCUT2D eigenvalue weighted by atomic mass is 79.9. The van der Waals surface area contributed by atoms with Crippen molar-refractivity contribution in [1.29, 1.82) is 0 Å². The second kappa shape index (κ2) is 6.13. The molecule has 1 rings (SSSR count). The number of esters is 1. The Morgan fingerprint density at radius 1 is 1.30 bits per heavy atom. The van der Waals surface area contributed by atoms with E-state index in [2.05, 4.69) is 36.6 Å². The van der Waals surface area contributed by atoms with Gasteiger partial charge in [0.05, 0.1) is 4.47 Å². The number of carboxylic acids is 1. The van der Waals surface area contributed by atoms with Crippen LogP contribution in [0.25, 0.3) is 0 Å². The molecule has 1 aromatic rings. The molecule has 0 aromatic heterocycles. The van der Waals surface area contributed by atoms with Crippen molar-refractivity contribution in [2.45, 2.75) is 13.1 Å². The fourth-order valence-corrected chi connectivity index (χ4v) is 2.45. The number of carbonyl (C=O) groups excluding carboxylic acids is 1. The molecule has 4 nitrogen and oxygen atoms in total. The number of aromatic carboxylic acids is 1. The van der Waals surface area contributed by atoms with Crippen LogP contribution in [-0.4, -0.2) is 23.2 Å². The first kappa shape index (κ1) is 17.0. The molecule has 9 heteroatoms. The third-order valence-corrected chi connectivity index (χ3v) is 3.33. The lowest BCUT2D eigenvalue weighted by atomic mass is 10.1. The third kappa shape index (κ3) is 3.95. The van der Waals surface area contributed by atoms with Gasteiger partial charge in [0.1, 0.15) is 11.5 Å². The van der Waals surface area contributed by atoms with Crippen molar-refractivity contribution in [3.63, 3.8) is 0 Å². The molecule has 20 heavy (non-hydrogen) atoms. The molecule has 0 radical (unpaired) electrons. The summed E-state index contributed by atoms with van der Waals surface area (Å²) in [5.74, 6) is -5.85. The van der Waals surface area contributed by atoms with Crippen LogP contribution in [0.3, 0.4) is 0 Å². The van der Waals surface area contributed by atoms with Gasteiger partial charge in [0.15, 0.2) is 5.75 Å². The quantitative estimate of drug-likeness (QED) is 0.593. The van der Waals surface area contributed by atoms with E-state index in [4.69, 9.17) is 5.11 Å². The highest BCUT2D eigenvalue weighted by Crippen LogP contribution is 2.35. The lowest BCUT2D eigenvalue weighted by molar-refractivity contribution is -0.187. The molecule has 0 bridgehead atoms. The van der Waals surface area contributed by atoms with Crippen LogP contribution in [0.4, 0.5) is 13.2 Å². The van der Waals surface area contributed by atoms with Gasteiger partial charge < -0.3 is 9.84 Å². The second-order valence-electron chi connectivity index (χ2n) is 3.75. The first-order valence-corrected chi connectivity index (χ1v) is 6.63. The second-order valence-corrected chi connectivity index (χ2v) is 5.52. The Morgan fingerprint density at radius 3 is 2.30 bits per heavy atom. The summed E-state index contributed by atoms with van der Waals surface area (Å²) in [4.78, 5) is 22.4. The Labute approximate surface area is 128 Å². The zero-order valence-corrected chi connectivity index (χ0v) is 13.0. The van der Waals surface area contributed by atoms with E-state index in [0.29, 0.717) is 11.4 Å². The summed E-state index contributed by atoms with van der Waals surface area (Å²) in [5, 5.41) is 8.97. The summed E-state index contributed by atoms with van der Waals surface area (Å²) >= 11 is 5.97. The minimum Gasteiger partial charge on any atom is -0.478 e.